The van der Waals surface area contributed by atoms with Crippen LogP contribution in [-0.2, 0) is 4.74 Å². The van der Waals surface area contributed by atoms with Crippen molar-refractivity contribution in [3.05, 3.63) is 77.9 Å². The van der Waals surface area contributed by atoms with Gasteiger partial charge < -0.3 is 20.3 Å². The summed E-state index contributed by atoms with van der Waals surface area (Å²) < 4.78 is 20.1. The number of carbonyl (C=O) groups is 2. The Morgan fingerprint density at radius 3 is 2.56 bits per heavy atom. The number of anilines is 1. The van der Waals surface area contributed by atoms with Gasteiger partial charge in [0.1, 0.15) is 5.82 Å². The van der Waals surface area contributed by atoms with Crippen molar-refractivity contribution in [2.75, 3.05) is 32.6 Å². The van der Waals surface area contributed by atoms with Crippen LogP contribution in [0, 0.1) is 5.82 Å². The normalized spacial score (nSPS) is 11.8. The average molecular weight is 439 g/mol. The molecule has 0 saturated carbocycles. The fraction of sp³-hybridized carbons (Fsp3) is 0.261. The summed E-state index contributed by atoms with van der Waals surface area (Å²) in [5.41, 5.74) is 2.32. The minimum Gasteiger partial charge on any atom is -0.461 e. The first-order chi connectivity index (χ1) is 15.4. The number of benzene rings is 2. The molecule has 8 nitrogen and oxygen atoms in total. The largest absolute Gasteiger partial charge is 0.461 e. The molecule has 3 rings (SSSR count). The van der Waals surface area contributed by atoms with Gasteiger partial charge in [-0.2, -0.15) is 5.10 Å². The van der Waals surface area contributed by atoms with E-state index in [2.05, 4.69) is 15.7 Å². The van der Waals surface area contributed by atoms with Gasteiger partial charge in [0.15, 0.2) is 5.69 Å². The topological polar surface area (TPSA) is 88.5 Å². The summed E-state index contributed by atoms with van der Waals surface area (Å²) in [6.45, 7) is 2.33. The Morgan fingerprint density at radius 1 is 1.16 bits per heavy atom. The van der Waals surface area contributed by atoms with Gasteiger partial charge in [0.2, 0.25) is 0 Å². The zero-order chi connectivity index (χ0) is 23.1. The van der Waals surface area contributed by atoms with Gasteiger partial charge in [0.25, 0.3) is 0 Å². The van der Waals surface area contributed by atoms with Crippen molar-refractivity contribution in [2.45, 2.75) is 13.0 Å². The van der Waals surface area contributed by atoms with Gasteiger partial charge in [-0.3, -0.25) is 0 Å². The molecular weight excluding hydrogens is 413 g/mol. The van der Waals surface area contributed by atoms with Gasteiger partial charge in [-0.1, -0.05) is 12.1 Å². The zero-order valence-corrected chi connectivity index (χ0v) is 18.2. The number of esters is 1. The maximum Gasteiger partial charge on any atom is 0.358 e. The molecule has 9 heteroatoms. The van der Waals surface area contributed by atoms with E-state index in [1.165, 1.54) is 12.1 Å². The molecule has 2 aromatic carbocycles. The molecule has 0 radical (unpaired) electrons. The molecule has 0 fully saturated rings. The lowest BCUT2D eigenvalue weighted by molar-refractivity contribution is 0.0519. The van der Waals surface area contributed by atoms with Crippen molar-refractivity contribution in [3.63, 3.8) is 0 Å². The Labute approximate surface area is 186 Å². The SMILES string of the molecule is CCOC(=O)c1ccn(-c2ccc(NC(=O)NCC(c3cccc(F)c3)N(C)C)cc2)n1. The van der Waals surface area contributed by atoms with E-state index in [0.717, 1.165) is 11.3 Å². The lowest BCUT2D eigenvalue weighted by Crippen LogP contribution is -2.36. The summed E-state index contributed by atoms with van der Waals surface area (Å²) >= 11 is 0. The minimum atomic E-state index is -0.476. The third kappa shape index (κ3) is 5.92. The standard InChI is InChI=1S/C23H26FN5O3/c1-4-32-22(30)20-12-13-29(27-20)19-10-8-18(9-11-19)26-23(31)25-15-21(28(2)3)16-6-5-7-17(24)14-16/h5-14,21H,4,15H2,1-3H3,(H2,25,26,31). The fourth-order valence-electron chi connectivity index (χ4n) is 3.16. The van der Waals surface area contributed by atoms with Crippen LogP contribution in [0.25, 0.3) is 5.69 Å². The van der Waals surface area contributed by atoms with Crippen LogP contribution in [0.15, 0.2) is 60.8 Å². The Kier molecular flexibility index (Phi) is 7.56. The second-order valence-electron chi connectivity index (χ2n) is 7.28. The van der Waals surface area contributed by atoms with Crippen molar-refractivity contribution >= 4 is 17.7 Å². The van der Waals surface area contributed by atoms with Gasteiger partial charge in [-0.15, -0.1) is 0 Å². The third-order valence-corrected chi connectivity index (χ3v) is 4.78. The van der Waals surface area contributed by atoms with Gasteiger partial charge in [0, 0.05) is 18.4 Å². The highest BCUT2D eigenvalue weighted by Crippen LogP contribution is 2.18. The fourth-order valence-corrected chi connectivity index (χ4v) is 3.16. The van der Waals surface area contributed by atoms with Crippen molar-refractivity contribution in [2.24, 2.45) is 0 Å². The lowest BCUT2D eigenvalue weighted by atomic mass is 10.1. The summed E-state index contributed by atoms with van der Waals surface area (Å²) in [6.07, 6.45) is 1.66. The molecule has 1 atom stereocenters. The van der Waals surface area contributed by atoms with E-state index in [4.69, 9.17) is 4.74 Å². The summed E-state index contributed by atoms with van der Waals surface area (Å²) in [6, 6.07) is 14.4. The van der Waals surface area contributed by atoms with E-state index in [-0.39, 0.29) is 30.2 Å². The second kappa shape index (κ2) is 10.5. The number of urea groups is 1. The highest BCUT2D eigenvalue weighted by molar-refractivity contribution is 5.89. The van der Waals surface area contributed by atoms with Crippen molar-refractivity contribution in [3.8, 4) is 5.69 Å². The molecule has 0 bridgehead atoms. The smallest absolute Gasteiger partial charge is 0.358 e. The number of likely N-dealkylation sites (N-methyl/N-ethyl adjacent to an activating group) is 1. The van der Waals surface area contributed by atoms with Crippen LogP contribution in [0.5, 0.6) is 0 Å². The predicted octanol–water partition coefficient (Wildman–Crippen LogP) is 3.61. The molecule has 0 aliphatic heterocycles. The molecule has 32 heavy (non-hydrogen) atoms. The Balaban J connectivity index is 1.58. The number of ether oxygens (including phenoxy) is 1. The van der Waals surface area contributed by atoms with E-state index in [1.54, 1.807) is 54.2 Å². The molecule has 1 unspecified atom stereocenters. The Morgan fingerprint density at radius 2 is 1.91 bits per heavy atom. The molecule has 1 heterocycles. The van der Waals surface area contributed by atoms with E-state index >= 15 is 0 Å². The molecule has 2 amide bonds. The number of rotatable bonds is 8. The number of carbonyl (C=O) groups excluding carboxylic acids is 2. The van der Waals surface area contributed by atoms with Crippen molar-refractivity contribution in [1.29, 1.82) is 0 Å². The van der Waals surface area contributed by atoms with Crippen LogP contribution in [-0.4, -0.2) is 53.9 Å². The second-order valence-corrected chi connectivity index (χ2v) is 7.28. The highest BCUT2D eigenvalue weighted by atomic mass is 19.1. The van der Waals surface area contributed by atoms with E-state index in [1.807, 2.05) is 25.1 Å². The zero-order valence-electron chi connectivity index (χ0n) is 18.2. The molecule has 0 saturated heterocycles. The average Bonchev–Trinajstić information content (AvgIpc) is 3.25. The Bertz CT molecular complexity index is 1070. The van der Waals surface area contributed by atoms with Crippen LogP contribution in [0.4, 0.5) is 14.9 Å². The van der Waals surface area contributed by atoms with E-state index < -0.39 is 5.97 Å². The molecule has 0 aliphatic carbocycles. The number of hydrogen-bond donors (Lipinski definition) is 2. The van der Waals surface area contributed by atoms with Crippen molar-refractivity contribution in [1.82, 2.24) is 20.0 Å². The molecule has 2 N–H and O–H groups in total. The quantitative estimate of drug-likeness (QED) is 0.524. The molecule has 0 aliphatic rings. The molecular formula is C23H26FN5O3. The molecule has 168 valence electrons. The predicted molar refractivity (Wildman–Crippen MR) is 119 cm³/mol. The van der Waals surface area contributed by atoms with Gasteiger partial charge in [-0.25, -0.2) is 18.7 Å². The number of nitrogens with one attached hydrogen (secondary N) is 2. The van der Waals surface area contributed by atoms with Crippen LogP contribution in [0.2, 0.25) is 0 Å². The molecule has 1 aromatic heterocycles. The first-order valence-electron chi connectivity index (χ1n) is 10.2. The summed E-state index contributed by atoms with van der Waals surface area (Å²) in [7, 11) is 3.74. The maximum absolute atomic E-state index is 13.6. The van der Waals surface area contributed by atoms with E-state index in [9.17, 15) is 14.0 Å². The minimum absolute atomic E-state index is 0.174. The highest BCUT2D eigenvalue weighted by Gasteiger charge is 2.16. The van der Waals surface area contributed by atoms with Crippen LogP contribution >= 0.6 is 0 Å². The first kappa shape index (κ1) is 23.0. The maximum atomic E-state index is 13.6. The van der Waals surface area contributed by atoms with Gasteiger partial charge >= 0.3 is 12.0 Å². The number of halogens is 1. The van der Waals surface area contributed by atoms with Crippen LogP contribution in [0.3, 0.4) is 0 Å². The van der Waals surface area contributed by atoms with E-state index in [0.29, 0.717) is 12.2 Å². The van der Waals surface area contributed by atoms with Crippen LogP contribution in [0.1, 0.15) is 29.0 Å². The number of hydrogen-bond acceptors (Lipinski definition) is 5. The molecule has 3 aromatic rings. The number of aromatic nitrogens is 2. The summed E-state index contributed by atoms with van der Waals surface area (Å²) in [4.78, 5) is 26.0. The Hall–Kier alpha value is -3.72. The summed E-state index contributed by atoms with van der Waals surface area (Å²) in [5, 5.41) is 9.79. The number of amides is 2. The summed E-state index contributed by atoms with van der Waals surface area (Å²) in [5.74, 6) is -0.791. The first-order valence-corrected chi connectivity index (χ1v) is 10.2. The van der Waals surface area contributed by atoms with Crippen molar-refractivity contribution < 1.29 is 18.7 Å². The number of nitrogens with zero attached hydrogens (tertiary/aromatic N) is 3. The lowest BCUT2D eigenvalue weighted by Gasteiger charge is -2.25. The monoisotopic (exact) mass is 439 g/mol. The van der Waals surface area contributed by atoms with Crippen LogP contribution < -0.4 is 10.6 Å². The molecule has 0 spiro atoms. The van der Waals surface area contributed by atoms with Gasteiger partial charge in [-0.05, 0) is 69.0 Å². The van der Waals surface area contributed by atoms with Gasteiger partial charge in [0.05, 0.1) is 18.3 Å². The third-order valence-electron chi connectivity index (χ3n) is 4.78.